The maximum atomic E-state index is 12.0. The zero-order chi connectivity index (χ0) is 13.1. The van der Waals surface area contributed by atoms with Crippen LogP contribution in [0, 0.1) is 0 Å². The van der Waals surface area contributed by atoms with Crippen molar-refractivity contribution in [2.75, 3.05) is 25.1 Å². The van der Waals surface area contributed by atoms with Gasteiger partial charge in [-0.15, -0.1) is 0 Å². The first kappa shape index (κ1) is 12.5. The Morgan fingerprint density at radius 3 is 3.21 bits per heavy atom. The van der Waals surface area contributed by atoms with Gasteiger partial charge in [-0.2, -0.15) is 0 Å². The number of benzene rings is 1. The van der Waals surface area contributed by atoms with E-state index in [1.165, 1.54) is 5.56 Å². The molecule has 1 N–H and O–H groups in total. The van der Waals surface area contributed by atoms with Gasteiger partial charge in [0.15, 0.2) is 0 Å². The fourth-order valence-electron chi connectivity index (χ4n) is 2.61. The van der Waals surface area contributed by atoms with E-state index in [1.807, 2.05) is 18.2 Å². The molecule has 1 unspecified atom stereocenters. The third kappa shape index (κ3) is 2.89. The Balaban J connectivity index is 1.57. The molecule has 4 nitrogen and oxygen atoms in total. The van der Waals surface area contributed by atoms with Crippen molar-refractivity contribution in [3.05, 3.63) is 29.3 Å². The zero-order valence-electron chi connectivity index (χ0n) is 11.0. The largest absolute Gasteiger partial charge is 0.459 e. The van der Waals surface area contributed by atoms with Gasteiger partial charge < -0.3 is 14.8 Å². The first-order valence-electron chi connectivity index (χ1n) is 6.98. The number of esters is 1. The normalized spacial score (nSPS) is 21.6. The first-order valence-corrected chi connectivity index (χ1v) is 6.98. The van der Waals surface area contributed by atoms with Crippen molar-refractivity contribution in [3.63, 3.8) is 0 Å². The monoisotopic (exact) mass is 261 g/mol. The van der Waals surface area contributed by atoms with Crippen LogP contribution in [-0.2, 0) is 15.9 Å². The maximum absolute atomic E-state index is 12.0. The van der Waals surface area contributed by atoms with Crippen LogP contribution in [0.2, 0.25) is 0 Å². The molecule has 1 aromatic rings. The average molecular weight is 261 g/mol. The highest BCUT2D eigenvalue weighted by Crippen LogP contribution is 2.23. The number of hydrogen-bond acceptors (Lipinski definition) is 4. The van der Waals surface area contributed by atoms with Crippen LogP contribution in [0.15, 0.2) is 18.2 Å². The number of nitrogens with one attached hydrogen (secondary N) is 1. The van der Waals surface area contributed by atoms with Crippen molar-refractivity contribution in [1.82, 2.24) is 0 Å². The van der Waals surface area contributed by atoms with E-state index >= 15 is 0 Å². The smallest absolute Gasteiger partial charge is 0.338 e. The van der Waals surface area contributed by atoms with Crippen LogP contribution in [0.4, 0.5) is 5.69 Å². The average Bonchev–Trinajstić information content (AvgIpc) is 2.93. The van der Waals surface area contributed by atoms with Crippen molar-refractivity contribution in [1.29, 1.82) is 0 Å². The number of hydrogen-bond donors (Lipinski definition) is 1. The molecule has 2 heterocycles. The highest BCUT2D eigenvalue weighted by Gasteiger charge is 2.18. The van der Waals surface area contributed by atoms with Gasteiger partial charge in [0.1, 0.15) is 6.61 Å². The molecule has 1 aromatic carbocycles. The predicted octanol–water partition coefficient (Wildman–Crippen LogP) is 2.38. The topological polar surface area (TPSA) is 47.6 Å². The van der Waals surface area contributed by atoms with Gasteiger partial charge in [-0.05, 0) is 43.4 Å². The molecule has 1 atom stereocenters. The van der Waals surface area contributed by atoms with E-state index in [-0.39, 0.29) is 12.1 Å². The van der Waals surface area contributed by atoms with Gasteiger partial charge in [-0.25, -0.2) is 4.79 Å². The minimum atomic E-state index is -0.259. The first-order chi connectivity index (χ1) is 9.33. The molecule has 0 spiro atoms. The second-order valence-electron chi connectivity index (χ2n) is 5.14. The summed E-state index contributed by atoms with van der Waals surface area (Å²) in [4.78, 5) is 12.0. The summed E-state index contributed by atoms with van der Waals surface area (Å²) in [5, 5.41) is 3.27. The van der Waals surface area contributed by atoms with Crippen molar-refractivity contribution >= 4 is 11.7 Å². The summed E-state index contributed by atoms with van der Waals surface area (Å²) in [6.07, 6.45) is 4.36. The highest BCUT2D eigenvalue weighted by atomic mass is 16.6. The van der Waals surface area contributed by atoms with E-state index in [2.05, 4.69) is 5.32 Å². The Morgan fingerprint density at radius 2 is 2.37 bits per heavy atom. The molecule has 102 valence electrons. The number of anilines is 1. The molecule has 4 heteroatoms. The van der Waals surface area contributed by atoms with Crippen LogP contribution in [0.5, 0.6) is 0 Å². The number of carbonyl (C=O) groups is 1. The Hall–Kier alpha value is -1.55. The van der Waals surface area contributed by atoms with E-state index in [4.69, 9.17) is 9.47 Å². The van der Waals surface area contributed by atoms with Gasteiger partial charge in [0, 0.05) is 18.8 Å². The maximum Gasteiger partial charge on any atom is 0.338 e. The fourth-order valence-corrected chi connectivity index (χ4v) is 2.61. The molecule has 0 saturated carbocycles. The van der Waals surface area contributed by atoms with Crippen LogP contribution >= 0.6 is 0 Å². The van der Waals surface area contributed by atoms with Crippen LogP contribution in [0.1, 0.15) is 35.2 Å². The zero-order valence-corrected chi connectivity index (χ0v) is 11.0. The van der Waals surface area contributed by atoms with Gasteiger partial charge in [0.2, 0.25) is 0 Å². The van der Waals surface area contributed by atoms with E-state index in [9.17, 15) is 4.79 Å². The quantitative estimate of drug-likeness (QED) is 0.849. The Labute approximate surface area is 113 Å². The summed E-state index contributed by atoms with van der Waals surface area (Å²) in [5.41, 5.74) is 2.94. The van der Waals surface area contributed by atoms with Crippen molar-refractivity contribution in [3.8, 4) is 0 Å². The van der Waals surface area contributed by atoms with Crippen LogP contribution in [0.25, 0.3) is 0 Å². The molecule has 1 fully saturated rings. The van der Waals surface area contributed by atoms with Gasteiger partial charge in [0.25, 0.3) is 0 Å². The second-order valence-corrected chi connectivity index (χ2v) is 5.14. The van der Waals surface area contributed by atoms with Gasteiger partial charge in [-0.1, -0.05) is 6.07 Å². The van der Waals surface area contributed by atoms with Gasteiger partial charge in [-0.3, -0.25) is 0 Å². The predicted molar refractivity (Wildman–Crippen MR) is 72.5 cm³/mol. The SMILES string of the molecule is O=C(OCC1CCCCO1)c1ccc2c(c1)NCC2. The Morgan fingerprint density at radius 1 is 1.42 bits per heavy atom. The highest BCUT2D eigenvalue weighted by molar-refractivity contribution is 5.91. The molecular weight excluding hydrogens is 242 g/mol. The van der Waals surface area contributed by atoms with Crippen molar-refractivity contribution in [2.24, 2.45) is 0 Å². The molecule has 2 aliphatic rings. The molecule has 2 aliphatic heterocycles. The number of carbonyl (C=O) groups excluding carboxylic acids is 1. The second kappa shape index (κ2) is 5.61. The molecule has 0 radical (unpaired) electrons. The standard InChI is InChI=1S/C15H19NO3/c17-15(19-10-13-3-1-2-8-18-13)12-5-4-11-6-7-16-14(11)9-12/h4-5,9,13,16H,1-3,6-8,10H2. The molecule has 1 saturated heterocycles. The van der Waals surface area contributed by atoms with E-state index in [1.54, 1.807) is 0 Å². The van der Waals surface area contributed by atoms with Gasteiger partial charge >= 0.3 is 5.97 Å². The molecular formula is C15H19NO3. The molecule has 0 amide bonds. The van der Waals surface area contributed by atoms with Crippen LogP contribution < -0.4 is 5.32 Å². The lowest BCUT2D eigenvalue weighted by Crippen LogP contribution is -2.25. The summed E-state index contributed by atoms with van der Waals surface area (Å²) in [5.74, 6) is -0.259. The lowest BCUT2D eigenvalue weighted by Gasteiger charge is -2.22. The Bertz CT molecular complexity index is 466. The molecule has 19 heavy (non-hydrogen) atoms. The fraction of sp³-hybridized carbons (Fsp3) is 0.533. The summed E-state index contributed by atoms with van der Waals surface area (Å²) >= 11 is 0. The number of ether oxygens (including phenoxy) is 2. The van der Waals surface area contributed by atoms with Crippen molar-refractivity contribution < 1.29 is 14.3 Å². The lowest BCUT2D eigenvalue weighted by atomic mass is 10.1. The minimum absolute atomic E-state index is 0.0743. The van der Waals surface area contributed by atoms with E-state index < -0.39 is 0 Å². The molecule has 0 bridgehead atoms. The Kier molecular flexibility index (Phi) is 3.69. The molecule has 3 rings (SSSR count). The third-order valence-electron chi connectivity index (χ3n) is 3.73. The number of rotatable bonds is 3. The number of fused-ring (bicyclic) bond motifs is 1. The summed E-state index contributed by atoms with van der Waals surface area (Å²) in [6.45, 7) is 2.10. The molecule has 0 aliphatic carbocycles. The van der Waals surface area contributed by atoms with Crippen molar-refractivity contribution in [2.45, 2.75) is 31.8 Å². The van der Waals surface area contributed by atoms with E-state index in [0.717, 1.165) is 44.5 Å². The van der Waals surface area contributed by atoms with Crippen LogP contribution in [0.3, 0.4) is 0 Å². The minimum Gasteiger partial charge on any atom is -0.459 e. The summed E-state index contributed by atoms with van der Waals surface area (Å²) in [7, 11) is 0. The summed E-state index contributed by atoms with van der Waals surface area (Å²) < 4.78 is 10.9. The van der Waals surface area contributed by atoms with E-state index in [0.29, 0.717) is 12.2 Å². The summed E-state index contributed by atoms with van der Waals surface area (Å²) in [6, 6.07) is 5.73. The molecule has 0 aromatic heterocycles. The third-order valence-corrected chi connectivity index (χ3v) is 3.73. The lowest BCUT2D eigenvalue weighted by molar-refractivity contribution is -0.0300. The van der Waals surface area contributed by atoms with Crippen LogP contribution in [-0.4, -0.2) is 31.8 Å². The van der Waals surface area contributed by atoms with Gasteiger partial charge in [0.05, 0.1) is 11.7 Å².